The predicted octanol–water partition coefficient (Wildman–Crippen LogP) is 4.78. The number of hydrogen-bond donors (Lipinski definition) is 1. The van der Waals surface area contributed by atoms with Crippen LogP contribution < -0.4 is 0 Å². The molecule has 0 aromatic rings. The van der Waals surface area contributed by atoms with Crippen LogP contribution in [0.5, 0.6) is 0 Å². The number of rotatable bonds is 3. The lowest BCUT2D eigenvalue weighted by Crippen LogP contribution is -2.26. The van der Waals surface area contributed by atoms with E-state index in [0.717, 1.165) is 6.42 Å². The summed E-state index contributed by atoms with van der Waals surface area (Å²) < 4.78 is 0. The molecular formula is C15H24O. The molecule has 1 rings (SSSR count). The van der Waals surface area contributed by atoms with Gasteiger partial charge in [-0.2, -0.15) is 0 Å². The molecule has 0 bridgehead atoms. The van der Waals surface area contributed by atoms with Crippen LogP contribution >= 0.6 is 0 Å². The topological polar surface area (TPSA) is 20.2 Å². The maximum Gasteiger partial charge on any atom is 0.111 e. The Kier molecular flexibility index (Phi) is 4.40. The molecule has 1 unspecified atom stereocenters. The Balaban J connectivity index is 2.81. The van der Waals surface area contributed by atoms with Gasteiger partial charge in [0.15, 0.2) is 0 Å². The highest BCUT2D eigenvalue weighted by Crippen LogP contribution is 2.41. The molecular weight excluding hydrogens is 196 g/mol. The van der Waals surface area contributed by atoms with Crippen molar-refractivity contribution in [1.29, 1.82) is 0 Å². The second kappa shape index (κ2) is 5.38. The van der Waals surface area contributed by atoms with E-state index in [2.05, 4.69) is 32.9 Å². The van der Waals surface area contributed by atoms with Gasteiger partial charge in [0.2, 0.25) is 0 Å². The summed E-state index contributed by atoms with van der Waals surface area (Å²) in [4.78, 5) is 0. The SMILES string of the molecule is CC/C=C(O)/C=C/C1C(C)=CCCC1(C)C. The largest absolute Gasteiger partial charge is 0.508 e. The maximum atomic E-state index is 9.59. The molecule has 0 aromatic carbocycles. The molecule has 1 aliphatic carbocycles. The Morgan fingerprint density at radius 3 is 2.81 bits per heavy atom. The molecule has 1 atom stereocenters. The van der Waals surface area contributed by atoms with E-state index in [1.165, 1.54) is 18.4 Å². The average Bonchev–Trinajstić information content (AvgIpc) is 2.16. The van der Waals surface area contributed by atoms with Crippen molar-refractivity contribution in [3.63, 3.8) is 0 Å². The van der Waals surface area contributed by atoms with E-state index in [0.29, 0.717) is 17.1 Å². The van der Waals surface area contributed by atoms with Crippen LogP contribution in [-0.4, -0.2) is 5.11 Å². The van der Waals surface area contributed by atoms with Crippen LogP contribution in [0.2, 0.25) is 0 Å². The number of hydrogen-bond acceptors (Lipinski definition) is 1. The lowest BCUT2D eigenvalue weighted by Gasteiger charge is -2.36. The van der Waals surface area contributed by atoms with Crippen molar-refractivity contribution in [1.82, 2.24) is 0 Å². The van der Waals surface area contributed by atoms with Crippen LogP contribution in [0.3, 0.4) is 0 Å². The molecule has 90 valence electrons. The number of aliphatic hydroxyl groups is 1. The third-order valence-corrected chi connectivity index (χ3v) is 3.46. The van der Waals surface area contributed by atoms with Gasteiger partial charge in [0.05, 0.1) is 0 Å². The first-order valence-corrected chi connectivity index (χ1v) is 6.21. The highest BCUT2D eigenvalue weighted by Gasteiger charge is 2.30. The Morgan fingerprint density at radius 2 is 2.25 bits per heavy atom. The van der Waals surface area contributed by atoms with Crippen molar-refractivity contribution < 1.29 is 5.11 Å². The van der Waals surface area contributed by atoms with Crippen molar-refractivity contribution in [3.05, 3.63) is 35.6 Å². The highest BCUT2D eigenvalue weighted by molar-refractivity contribution is 5.22. The summed E-state index contributed by atoms with van der Waals surface area (Å²) in [5.74, 6) is 0.838. The Labute approximate surface area is 99.6 Å². The van der Waals surface area contributed by atoms with E-state index in [4.69, 9.17) is 0 Å². The molecule has 0 heterocycles. The molecule has 0 fully saturated rings. The van der Waals surface area contributed by atoms with Crippen LogP contribution in [0.15, 0.2) is 35.6 Å². The van der Waals surface area contributed by atoms with Gasteiger partial charge in [0, 0.05) is 5.92 Å². The van der Waals surface area contributed by atoms with Crippen LogP contribution in [0.25, 0.3) is 0 Å². The van der Waals surface area contributed by atoms with Gasteiger partial charge in [-0.15, -0.1) is 0 Å². The van der Waals surface area contributed by atoms with Gasteiger partial charge < -0.3 is 5.11 Å². The summed E-state index contributed by atoms with van der Waals surface area (Å²) in [6.07, 6.45) is 11.4. The fraction of sp³-hybridized carbons (Fsp3) is 0.600. The monoisotopic (exact) mass is 220 g/mol. The number of allylic oxidation sites excluding steroid dienone is 5. The molecule has 0 aliphatic heterocycles. The van der Waals surface area contributed by atoms with Crippen molar-refractivity contribution >= 4 is 0 Å². The van der Waals surface area contributed by atoms with Crippen LogP contribution in [0, 0.1) is 11.3 Å². The summed E-state index contributed by atoms with van der Waals surface area (Å²) >= 11 is 0. The van der Waals surface area contributed by atoms with Crippen LogP contribution in [0.4, 0.5) is 0 Å². The molecule has 0 radical (unpaired) electrons. The van der Waals surface area contributed by atoms with E-state index < -0.39 is 0 Å². The minimum absolute atomic E-state index is 0.307. The van der Waals surface area contributed by atoms with Crippen molar-refractivity contribution in [2.24, 2.45) is 11.3 Å². The van der Waals surface area contributed by atoms with Gasteiger partial charge in [0.25, 0.3) is 0 Å². The first kappa shape index (κ1) is 13.1. The summed E-state index contributed by atoms with van der Waals surface area (Å²) in [7, 11) is 0. The third-order valence-electron chi connectivity index (χ3n) is 3.46. The molecule has 1 N–H and O–H groups in total. The highest BCUT2D eigenvalue weighted by atomic mass is 16.3. The molecule has 0 saturated heterocycles. The molecule has 0 saturated carbocycles. The number of aliphatic hydroxyl groups excluding tert-OH is 1. The Hall–Kier alpha value is -0.980. The summed E-state index contributed by atoms with van der Waals surface area (Å²) in [5.41, 5.74) is 1.73. The molecule has 16 heavy (non-hydrogen) atoms. The van der Waals surface area contributed by atoms with Gasteiger partial charge >= 0.3 is 0 Å². The van der Waals surface area contributed by atoms with Gasteiger partial charge in [-0.3, -0.25) is 0 Å². The average molecular weight is 220 g/mol. The van der Waals surface area contributed by atoms with Crippen LogP contribution in [0.1, 0.15) is 47.0 Å². The van der Waals surface area contributed by atoms with Gasteiger partial charge in [-0.25, -0.2) is 0 Å². The minimum Gasteiger partial charge on any atom is -0.508 e. The molecule has 0 aromatic heterocycles. The standard InChI is InChI=1S/C15H24O/c1-5-7-13(16)9-10-14-12(2)8-6-11-15(14,3)4/h7-10,14,16H,5-6,11H2,1-4H3/b10-9+,13-7-. The summed E-state index contributed by atoms with van der Waals surface area (Å²) in [6.45, 7) is 8.83. The Bertz CT molecular complexity index is 318. The molecule has 0 spiro atoms. The second-order valence-corrected chi connectivity index (χ2v) is 5.35. The third kappa shape index (κ3) is 3.26. The lowest BCUT2D eigenvalue weighted by molar-refractivity contribution is 0.255. The molecule has 1 nitrogen and oxygen atoms in total. The van der Waals surface area contributed by atoms with E-state index >= 15 is 0 Å². The zero-order valence-corrected chi connectivity index (χ0v) is 11.0. The van der Waals surface area contributed by atoms with E-state index in [1.54, 1.807) is 0 Å². The minimum atomic E-state index is 0.307. The first-order valence-electron chi connectivity index (χ1n) is 6.21. The van der Waals surface area contributed by atoms with Crippen molar-refractivity contribution in [2.45, 2.75) is 47.0 Å². The fourth-order valence-corrected chi connectivity index (χ4v) is 2.45. The second-order valence-electron chi connectivity index (χ2n) is 5.35. The Morgan fingerprint density at radius 1 is 1.56 bits per heavy atom. The zero-order valence-electron chi connectivity index (χ0n) is 11.0. The van der Waals surface area contributed by atoms with Gasteiger partial charge in [-0.1, -0.05) is 38.5 Å². The summed E-state index contributed by atoms with van der Waals surface area (Å²) in [5, 5.41) is 9.59. The van der Waals surface area contributed by atoms with Crippen LogP contribution in [-0.2, 0) is 0 Å². The van der Waals surface area contributed by atoms with Crippen molar-refractivity contribution in [2.75, 3.05) is 0 Å². The van der Waals surface area contributed by atoms with Gasteiger partial charge in [-0.05, 0) is 43.8 Å². The zero-order chi connectivity index (χ0) is 12.2. The lowest BCUT2D eigenvalue weighted by atomic mass is 9.68. The van der Waals surface area contributed by atoms with Gasteiger partial charge in [0.1, 0.15) is 5.76 Å². The molecule has 1 aliphatic rings. The fourth-order valence-electron chi connectivity index (χ4n) is 2.45. The van der Waals surface area contributed by atoms with E-state index in [1.807, 2.05) is 19.1 Å². The molecule has 0 amide bonds. The smallest absolute Gasteiger partial charge is 0.111 e. The quantitative estimate of drug-likeness (QED) is 0.412. The summed E-state index contributed by atoms with van der Waals surface area (Å²) in [6, 6.07) is 0. The maximum absolute atomic E-state index is 9.59. The molecule has 1 heteroatoms. The normalized spacial score (nSPS) is 25.9. The van der Waals surface area contributed by atoms with E-state index in [-0.39, 0.29) is 0 Å². The van der Waals surface area contributed by atoms with E-state index in [9.17, 15) is 5.11 Å². The predicted molar refractivity (Wildman–Crippen MR) is 70.4 cm³/mol. The first-order chi connectivity index (χ1) is 7.47. The van der Waals surface area contributed by atoms with Crippen molar-refractivity contribution in [3.8, 4) is 0 Å².